The van der Waals surface area contributed by atoms with Crippen LogP contribution < -0.4 is 0 Å². The van der Waals surface area contributed by atoms with Gasteiger partial charge in [0.25, 0.3) is 0 Å². The van der Waals surface area contributed by atoms with Gasteiger partial charge in [-0.25, -0.2) is 0 Å². The summed E-state index contributed by atoms with van der Waals surface area (Å²) in [5.74, 6) is 0. The summed E-state index contributed by atoms with van der Waals surface area (Å²) in [5, 5.41) is 0. The Morgan fingerprint density at radius 3 is 2.43 bits per heavy atom. The molecule has 0 saturated carbocycles. The molecule has 0 N–H and O–H groups in total. The summed E-state index contributed by atoms with van der Waals surface area (Å²) in [6, 6.07) is 4.34. The maximum atomic E-state index is 3.45. The SMILES string of the molecule is Cc1ccc(Br)[te]1. The van der Waals surface area contributed by atoms with E-state index in [0.29, 0.717) is 0 Å². The molecule has 0 aromatic carbocycles. The van der Waals surface area contributed by atoms with Gasteiger partial charge in [-0.15, -0.1) is 0 Å². The molecule has 1 heterocycles. The summed E-state index contributed by atoms with van der Waals surface area (Å²) in [6.45, 7) is 2.19. The summed E-state index contributed by atoms with van der Waals surface area (Å²) in [6.07, 6.45) is 0. The van der Waals surface area contributed by atoms with Gasteiger partial charge in [-0.3, -0.25) is 0 Å². The first-order valence-electron chi connectivity index (χ1n) is 2.01. The van der Waals surface area contributed by atoms with Gasteiger partial charge < -0.3 is 0 Å². The van der Waals surface area contributed by atoms with Crippen LogP contribution in [0.15, 0.2) is 14.6 Å². The van der Waals surface area contributed by atoms with Crippen LogP contribution in [0, 0.1) is 6.92 Å². The first-order valence-corrected chi connectivity index (χ1v) is 5.13. The first-order chi connectivity index (χ1) is 3.29. The Balaban J connectivity index is 3.04. The number of hydrogen-bond donors (Lipinski definition) is 0. The zero-order valence-corrected chi connectivity index (χ0v) is 7.86. The molecular formula is C5H5BrTe. The van der Waals surface area contributed by atoms with Gasteiger partial charge in [0.05, 0.1) is 0 Å². The van der Waals surface area contributed by atoms with E-state index in [2.05, 4.69) is 35.0 Å². The van der Waals surface area contributed by atoms with E-state index < -0.39 is 0 Å². The van der Waals surface area contributed by atoms with Crippen LogP contribution in [0.25, 0.3) is 0 Å². The zero-order valence-electron chi connectivity index (χ0n) is 3.94. The van der Waals surface area contributed by atoms with E-state index in [4.69, 9.17) is 0 Å². The summed E-state index contributed by atoms with van der Waals surface area (Å²) in [5.41, 5.74) is 0. The predicted octanol–water partition coefficient (Wildman–Crippen LogP) is 1.81. The Morgan fingerprint density at radius 2 is 2.29 bits per heavy atom. The van der Waals surface area contributed by atoms with Crippen molar-refractivity contribution in [2.24, 2.45) is 0 Å². The van der Waals surface area contributed by atoms with Crippen LogP contribution in [-0.4, -0.2) is 20.4 Å². The molecule has 1 aromatic rings. The van der Waals surface area contributed by atoms with Crippen LogP contribution in [0.4, 0.5) is 0 Å². The van der Waals surface area contributed by atoms with Crippen molar-refractivity contribution in [1.82, 2.24) is 0 Å². The predicted molar refractivity (Wildman–Crippen MR) is 35.8 cm³/mol. The van der Waals surface area contributed by atoms with Gasteiger partial charge >= 0.3 is 61.5 Å². The third-order valence-electron chi connectivity index (χ3n) is 0.708. The van der Waals surface area contributed by atoms with Gasteiger partial charge in [0, 0.05) is 0 Å². The minimum absolute atomic E-state index is 0.100. The Morgan fingerprint density at radius 1 is 1.57 bits per heavy atom. The summed E-state index contributed by atoms with van der Waals surface area (Å²) in [7, 11) is 0. The average Bonchev–Trinajstić information content (AvgIpc) is 1.87. The molecule has 1 rings (SSSR count). The van der Waals surface area contributed by atoms with Gasteiger partial charge in [0.1, 0.15) is 0 Å². The molecule has 0 atom stereocenters. The second kappa shape index (κ2) is 2.35. The minimum atomic E-state index is 0.100. The Bertz CT molecular complexity index is 140. The molecule has 1 aromatic heterocycles. The topological polar surface area (TPSA) is 0 Å². The van der Waals surface area contributed by atoms with Crippen LogP contribution in [0.1, 0.15) is 3.58 Å². The number of aryl methyl sites for hydroxylation is 1. The van der Waals surface area contributed by atoms with Crippen LogP contribution in [0.3, 0.4) is 0 Å². The third-order valence-corrected chi connectivity index (χ3v) is 4.31. The molecule has 38 valence electrons. The van der Waals surface area contributed by atoms with Gasteiger partial charge in [0.2, 0.25) is 0 Å². The molecule has 0 unspecified atom stereocenters. The van der Waals surface area contributed by atoms with Crippen molar-refractivity contribution in [3.63, 3.8) is 0 Å². The molecule has 0 bridgehead atoms. The van der Waals surface area contributed by atoms with Crippen molar-refractivity contribution in [3.8, 4) is 0 Å². The number of halogens is 1. The van der Waals surface area contributed by atoms with Crippen molar-refractivity contribution in [2.75, 3.05) is 0 Å². The van der Waals surface area contributed by atoms with Crippen LogP contribution in [0.2, 0.25) is 0 Å². The molecule has 0 aliphatic carbocycles. The summed E-state index contributed by atoms with van der Waals surface area (Å²) in [4.78, 5) is 0. The van der Waals surface area contributed by atoms with Crippen molar-refractivity contribution in [1.29, 1.82) is 0 Å². The van der Waals surface area contributed by atoms with Crippen molar-refractivity contribution in [3.05, 3.63) is 18.2 Å². The number of hydrogen-bond acceptors (Lipinski definition) is 0. The van der Waals surface area contributed by atoms with E-state index in [0.717, 1.165) is 0 Å². The molecular weight excluding hydrogens is 268 g/mol. The molecule has 7 heavy (non-hydrogen) atoms. The standard InChI is InChI=1S/C5H5BrTe/c1-4-2-3-5(6)7-4/h2-3H,1H3. The van der Waals surface area contributed by atoms with Gasteiger partial charge in [-0.05, 0) is 0 Å². The van der Waals surface area contributed by atoms with Crippen molar-refractivity contribution < 1.29 is 0 Å². The fourth-order valence-electron chi connectivity index (χ4n) is 0.405. The number of rotatable bonds is 0. The first kappa shape index (κ1) is 5.88. The van der Waals surface area contributed by atoms with E-state index in [1.54, 1.807) is 3.58 Å². The maximum absolute atomic E-state index is 3.45. The van der Waals surface area contributed by atoms with E-state index in [1.807, 2.05) is 0 Å². The molecule has 0 aliphatic heterocycles. The van der Waals surface area contributed by atoms with Crippen molar-refractivity contribution >= 4 is 36.4 Å². The van der Waals surface area contributed by atoms with Crippen LogP contribution >= 0.6 is 15.9 Å². The second-order valence-electron chi connectivity index (χ2n) is 1.35. The van der Waals surface area contributed by atoms with E-state index in [1.165, 1.54) is 2.49 Å². The van der Waals surface area contributed by atoms with E-state index in [-0.39, 0.29) is 20.4 Å². The molecule has 2 heteroatoms. The van der Waals surface area contributed by atoms with E-state index in [9.17, 15) is 0 Å². The molecule has 0 radical (unpaired) electrons. The van der Waals surface area contributed by atoms with E-state index >= 15 is 0 Å². The quantitative estimate of drug-likeness (QED) is 0.632. The van der Waals surface area contributed by atoms with Crippen molar-refractivity contribution in [2.45, 2.75) is 6.92 Å². The Kier molecular flexibility index (Phi) is 1.97. The average molecular weight is 273 g/mol. The monoisotopic (exact) mass is 274 g/mol. The van der Waals surface area contributed by atoms with Gasteiger partial charge in [0.15, 0.2) is 0 Å². The molecule has 0 spiro atoms. The molecule has 0 amide bonds. The van der Waals surface area contributed by atoms with Crippen LogP contribution in [0.5, 0.6) is 0 Å². The molecule has 0 saturated heterocycles. The second-order valence-corrected chi connectivity index (χ2v) is 7.51. The van der Waals surface area contributed by atoms with Gasteiger partial charge in [-0.1, -0.05) is 0 Å². The normalized spacial score (nSPS) is 9.43. The fraction of sp³-hybridized carbons (Fsp3) is 0.200. The molecule has 0 aliphatic rings. The van der Waals surface area contributed by atoms with Crippen LogP contribution in [-0.2, 0) is 0 Å². The zero-order chi connectivity index (χ0) is 5.28. The molecule has 0 nitrogen and oxygen atoms in total. The van der Waals surface area contributed by atoms with Gasteiger partial charge in [-0.2, -0.15) is 0 Å². The fourth-order valence-corrected chi connectivity index (χ4v) is 3.90. The summed E-state index contributed by atoms with van der Waals surface area (Å²) < 4.78 is 2.99. The third kappa shape index (κ3) is 1.60. The Hall–Kier alpha value is 0.750. The summed E-state index contributed by atoms with van der Waals surface area (Å²) >= 11 is 3.55. The Labute approximate surface area is 61.3 Å². The molecule has 0 fully saturated rings.